The van der Waals surface area contributed by atoms with Crippen LogP contribution in [0, 0.1) is 0 Å². The Hall–Kier alpha value is -1.87. The van der Waals surface area contributed by atoms with E-state index in [0.29, 0.717) is 0 Å². The molecule has 3 rings (SSSR count). The summed E-state index contributed by atoms with van der Waals surface area (Å²) < 4.78 is 28.4. The fourth-order valence-corrected chi connectivity index (χ4v) is 22.6. The summed E-state index contributed by atoms with van der Waals surface area (Å²) >= 11 is -2.30. The molecule has 1 aliphatic heterocycles. The van der Waals surface area contributed by atoms with Crippen LogP contribution >= 0.6 is 0 Å². The quantitative estimate of drug-likeness (QED) is 0.0557. The average molecular weight is 727 g/mol. The Balaban J connectivity index is 1.85. The second-order valence-corrected chi connectivity index (χ2v) is 30.9. The Morgan fingerprint density at radius 2 is 1.59 bits per heavy atom. The number of benzene rings is 2. The molecule has 0 spiro atoms. The summed E-state index contributed by atoms with van der Waals surface area (Å²) in [5.74, 6) is 1.59. The van der Waals surface area contributed by atoms with Crippen LogP contribution in [-0.2, 0) is 9.47 Å². The summed E-state index contributed by atoms with van der Waals surface area (Å²) in [4.78, 5) is 5.15. The van der Waals surface area contributed by atoms with Gasteiger partial charge in [0.25, 0.3) is 0 Å². The van der Waals surface area contributed by atoms with E-state index in [1.807, 2.05) is 6.07 Å². The predicted molar refractivity (Wildman–Crippen MR) is 193 cm³/mol. The van der Waals surface area contributed by atoms with E-state index >= 15 is 0 Å². The van der Waals surface area contributed by atoms with Crippen molar-refractivity contribution in [3.63, 3.8) is 0 Å². The molecule has 0 fully saturated rings. The molecule has 0 saturated carbocycles. The van der Waals surface area contributed by atoms with Gasteiger partial charge >= 0.3 is 245 Å². The van der Waals surface area contributed by atoms with E-state index in [1.54, 1.807) is 7.11 Å². The normalized spacial score (nSPS) is 14.6. The van der Waals surface area contributed by atoms with Crippen molar-refractivity contribution in [3.8, 4) is 11.5 Å². The molecule has 5 nitrogen and oxygen atoms in total. The first-order chi connectivity index (χ1) is 21.4. The molecule has 0 aliphatic carbocycles. The van der Waals surface area contributed by atoms with Crippen molar-refractivity contribution in [2.75, 3.05) is 25.3 Å². The van der Waals surface area contributed by atoms with Crippen molar-refractivity contribution in [2.45, 2.75) is 98.2 Å². The summed E-state index contributed by atoms with van der Waals surface area (Å²) in [5, 5.41) is 1.40. The number of ether oxygens (including phenoxy) is 4. The van der Waals surface area contributed by atoms with E-state index in [-0.39, 0.29) is 19.7 Å². The maximum absolute atomic E-state index is 6.15. The van der Waals surface area contributed by atoms with Crippen LogP contribution in [0.3, 0.4) is 0 Å². The van der Waals surface area contributed by atoms with Crippen LogP contribution in [0.5, 0.6) is 11.5 Å². The first kappa shape index (κ1) is 36.6. The van der Waals surface area contributed by atoms with Crippen molar-refractivity contribution in [1.82, 2.24) is 0 Å². The van der Waals surface area contributed by atoms with Gasteiger partial charge in [-0.1, -0.05) is 18.2 Å². The Morgan fingerprint density at radius 1 is 0.932 bits per heavy atom. The van der Waals surface area contributed by atoms with E-state index in [1.165, 1.54) is 62.6 Å². The van der Waals surface area contributed by atoms with Gasteiger partial charge in [-0.3, -0.25) is 0 Å². The van der Waals surface area contributed by atoms with Crippen LogP contribution in [0.25, 0.3) is 5.57 Å². The third-order valence-electron chi connectivity index (χ3n) is 8.71. The zero-order chi connectivity index (χ0) is 31.7. The van der Waals surface area contributed by atoms with Gasteiger partial charge in [-0.15, -0.1) is 0 Å². The van der Waals surface area contributed by atoms with Crippen LogP contribution in [-0.4, -0.2) is 64.0 Å². The van der Waals surface area contributed by atoms with E-state index in [2.05, 4.69) is 100 Å². The minimum absolute atomic E-state index is 0.121. The van der Waals surface area contributed by atoms with Crippen LogP contribution in [0.2, 0.25) is 26.4 Å². The Bertz CT molecular complexity index is 1180. The molecular weight excluding hydrogens is 669 g/mol. The molecule has 2 aromatic rings. The van der Waals surface area contributed by atoms with Crippen molar-refractivity contribution >= 4 is 43.4 Å². The van der Waals surface area contributed by atoms with Gasteiger partial charge in [0.1, 0.15) is 0 Å². The van der Waals surface area contributed by atoms with Gasteiger partial charge in [0.2, 0.25) is 6.79 Å². The molecule has 44 heavy (non-hydrogen) atoms. The predicted octanol–water partition coefficient (Wildman–Crippen LogP) is 9.35. The zero-order valence-electron chi connectivity index (χ0n) is 28.3. The topological polar surface area (TPSA) is 49.3 Å². The Kier molecular flexibility index (Phi) is 16.3. The van der Waals surface area contributed by atoms with Gasteiger partial charge in [-0.2, -0.15) is 0 Å². The standard InChI is InChI=1S/C25H30NO4Si.3C4H9.Sn/c1-26-15-14-22(28-18-27-2)12-10-21(17-31(3,4)23-8-6-5-7-9-23)20-11-13-24-25(16-20)30-19-29-24;3*1-3-4-2;/h5-13,15-17,22H,1,14,18-19H2,2-4H3;3*1,3-4H2,2H3;/b12-10-,21-17-,26-15+;;;;. The molecule has 1 unspecified atom stereocenters. The number of fused-ring (bicyclic) bond motifs is 1. The van der Waals surface area contributed by atoms with Gasteiger partial charge in [0.15, 0.2) is 0 Å². The number of nitrogens with zero attached hydrogens (tertiary/aromatic N) is 1. The van der Waals surface area contributed by atoms with Gasteiger partial charge in [-0.05, 0) is 0 Å². The van der Waals surface area contributed by atoms with E-state index in [9.17, 15) is 0 Å². The third kappa shape index (κ3) is 11.8. The number of hydrogen-bond acceptors (Lipinski definition) is 5. The van der Waals surface area contributed by atoms with Crippen molar-refractivity contribution in [1.29, 1.82) is 0 Å². The molecule has 0 radical (unpaired) electrons. The first-order valence-electron chi connectivity index (χ1n) is 16.8. The second kappa shape index (κ2) is 19.6. The van der Waals surface area contributed by atoms with E-state index < -0.39 is 26.5 Å². The van der Waals surface area contributed by atoms with Gasteiger partial charge in [0.05, 0.1) is 0 Å². The summed E-state index contributed by atoms with van der Waals surface area (Å²) in [6, 6.07) is 17.1. The first-order valence-corrected chi connectivity index (χ1v) is 28.0. The van der Waals surface area contributed by atoms with Crippen LogP contribution in [0.1, 0.15) is 71.3 Å². The Morgan fingerprint density at radius 3 is 2.23 bits per heavy atom. The van der Waals surface area contributed by atoms with E-state index in [4.69, 9.17) is 23.9 Å². The van der Waals surface area contributed by atoms with E-state index in [0.717, 1.165) is 28.0 Å². The summed E-state index contributed by atoms with van der Waals surface area (Å²) in [5.41, 5.74) is 4.75. The van der Waals surface area contributed by atoms with Gasteiger partial charge in [0, 0.05) is 0 Å². The zero-order valence-corrected chi connectivity index (χ0v) is 32.1. The number of methoxy groups -OCH3 is 1. The third-order valence-corrected chi connectivity index (χ3v) is 26.1. The summed E-state index contributed by atoms with van der Waals surface area (Å²) in [6.07, 6.45) is 15.2. The molecule has 2 aromatic carbocycles. The number of unbranched alkanes of at least 4 members (excludes halogenated alkanes) is 3. The molecule has 1 aliphatic rings. The molecule has 0 amide bonds. The number of aliphatic imine (C=N–C) groups is 1. The monoisotopic (exact) mass is 727 g/mol. The molecule has 0 saturated heterocycles. The van der Waals surface area contributed by atoms with Crippen LogP contribution in [0.4, 0.5) is 0 Å². The summed E-state index contributed by atoms with van der Waals surface area (Å²) in [6.45, 7) is 12.3. The molecule has 242 valence electrons. The minimum atomic E-state index is -2.30. The van der Waals surface area contributed by atoms with Gasteiger partial charge in [-0.25, -0.2) is 0 Å². The molecule has 0 N–H and O–H groups in total. The van der Waals surface area contributed by atoms with Crippen molar-refractivity contribution in [2.24, 2.45) is 4.99 Å². The van der Waals surface area contributed by atoms with Crippen LogP contribution in [0.15, 0.2) is 71.4 Å². The fourth-order valence-electron chi connectivity index (χ4n) is 5.92. The second-order valence-electron chi connectivity index (χ2n) is 12.8. The van der Waals surface area contributed by atoms with Crippen molar-refractivity contribution in [3.05, 3.63) is 71.9 Å². The molecule has 7 heteroatoms. The average Bonchev–Trinajstić information content (AvgIpc) is 3.52. The molecule has 0 bridgehead atoms. The number of hydrogen-bond donors (Lipinski definition) is 0. The van der Waals surface area contributed by atoms with Crippen molar-refractivity contribution < 1.29 is 18.9 Å². The number of rotatable bonds is 21. The van der Waals surface area contributed by atoms with Crippen LogP contribution < -0.4 is 14.7 Å². The fraction of sp³-hybridized carbons (Fsp3) is 0.541. The Labute approximate surface area is 273 Å². The SMILES string of the molecule is CCC[CH2][Sn]([CH2]CCC)([CH2]CCC)[CH2]/N=C/CC(/C=C\C(=C\[Si](C)(C)c1ccccc1)c1ccc2c(c1)OCO2)OCOC. The maximum atomic E-state index is 6.15. The van der Waals surface area contributed by atoms with Gasteiger partial charge < -0.3 is 4.74 Å². The molecule has 1 heterocycles. The number of allylic oxidation sites excluding steroid dienone is 2. The molecule has 1 atom stereocenters. The molecular formula is C37H57NO4SiSn. The molecule has 0 aromatic heterocycles. The summed E-state index contributed by atoms with van der Waals surface area (Å²) in [7, 11) is -0.225.